The van der Waals surface area contributed by atoms with Gasteiger partial charge in [-0.3, -0.25) is 15.0 Å². The molecule has 0 saturated carbocycles. The number of ether oxygens (including phenoxy) is 1. The number of hydrogen-bond acceptors (Lipinski definition) is 5. The summed E-state index contributed by atoms with van der Waals surface area (Å²) in [5.74, 6) is 0. The summed E-state index contributed by atoms with van der Waals surface area (Å²) in [6.45, 7) is 6.21. The lowest BCUT2D eigenvalue weighted by Crippen LogP contribution is -2.41. The number of halogens is 1. The number of hydrogen-bond donors (Lipinski definition) is 1. The lowest BCUT2D eigenvalue weighted by Gasteiger charge is -2.33. The van der Waals surface area contributed by atoms with E-state index in [0.717, 1.165) is 63.1 Å². The summed E-state index contributed by atoms with van der Waals surface area (Å²) in [5, 5.41) is 20.8. The van der Waals surface area contributed by atoms with Crippen molar-refractivity contribution in [3.63, 3.8) is 0 Å². The van der Waals surface area contributed by atoms with E-state index < -0.39 is 0 Å². The lowest BCUT2D eigenvalue weighted by molar-refractivity contribution is 0.0532. The predicted molar refractivity (Wildman–Crippen MR) is 151 cm³/mol. The molecule has 1 N–H and O–H groups in total. The van der Waals surface area contributed by atoms with E-state index in [1.54, 1.807) is 0 Å². The lowest BCUT2D eigenvalue weighted by atomic mass is 10.0. The molecule has 0 aliphatic carbocycles. The van der Waals surface area contributed by atoms with Crippen LogP contribution in [0, 0.1) is 23.7 Å². The van der Waals surface area contributed by atoms with Crippen molar-refractivity contribution in [1.29, 1.82) is 10.7 Å². The summed E-state index contributed by atoms with van der Waals surface area (Å²) in [4.78, 5) is 6.92. The summed E-state index contributed by atoms with van der Waals surface area (Å²) in [5.41, 5.74) is 8.27. The number of fused-ring (bicyclic) bond motifs is 3. The molecule has 0 bridgehead atoms. The molecule has 3 aromatic carbocycles. The average Bonchev–Trinajstić information content (AvgIpc) is 3.18. The zero-order valence-corrected chi connectivity index (χ0v) is 22.3. The van der Waals surface area contributed by atoms with Crippen LogP contribution in [0.15, 0.2) is 60.8 Å². The fourth-order valence-electron chi connectivity index (χ4n) is 5.39. The van der Waals surface area contributed by atoms with Crippen LogP contribution in [-0.2, 0) is 11.8 Å². The van der Waals surface area contributed by atoms with Crippen LogP contribution in [0.5, 0.6) is 0 Å². The molecule has 3 heterocycles. The van der Waals surface area contributed by atoms with E-state index in [1.807, 2.05) is 65.7 Å². The van der Waals surface area contributed by atoms with Crippen LogP contribution < -0.4 is 10.5 Å². The molecule has 38 heavy (non-hydrogen) atoms. The van der Waals surface area contributed by atoms with Crippen LogP contribution in [-0.4, -0.2) is 39.9 Å². The number of benzene rings is 3. The Morgan fingerprint density at radius 2 is 1.84 bits per heavy atom. The minimum Gasteiger partial charge on any atom is -0.375 e. The molecule has 190 valence electrons. The molecular formula is C30H27ClN6O. The van der Waals surface area contributed by atoms with Crippen molar-refractivity contribution in [2.24, 2.45) is 7.05 Å². The van der Waals surface area contributed by atoms with Crippen molar-refractivity contribution in [3.05, 3.63) is 82.6 Å². The van der Waals surface area contributed by atoms with Crippen molar-refractivity contribution < 1.29 is 4.74 Å². The first-order valence-corrected chi connectivity index (χ1v) is 13.0. The van der Waals surface area contributed by atoms with Gasteiger partial charge >= 0.3 is 0 Å². The zero-order valence-electron chi connectivity index (χ0n) is 21.5. The van der Waals surface area contributed by atoms with E-state index in [1.165, 1.54) is 0 Å². The number of aromatic nitrogens is 3. The summed E-state index contributed by atoms with van der Waals surface area (Å²) in [6, 6.07) is 20.3. The molecule has 8 heteroatoms. The van der Waals surface area contributed by atoms with Crippen LogP contribution in [0.1, 0.15) is 18.1 Å². The third-order valence-corrected chi connectivity index (χ3v) is 7.62. The number of rotatable bonds is 3. The molecule has 2 aromatic heterocycles. The number of nitrogens with one attached hydrogen (secondary N) is 1. The van der Waals surface area contributed by atoms with Gasteiger partial charge in [0.25, 0.3) is 0 Å². The average molecular weight is 523 g/mol. The molecule has 5 aromatic rings. The first kappa shape index (κ1) is 24.2. The Balaban J connectivity index is 1.60. The predicted octanol–water partition coefficient (Wildman–Crippen LogP) is 5.72. The number of nitriles is 1. The van der Waals surface area contributed by atoms with Gasteiger partial charge in [0.15, 0.2) is 0 Å². The van der Waals surface area contributed by atoms with Gasteiger partial charge in [-0.05, 0) is 66.9 Å². The second kappa shape index (κ2) is 9.32. The third kappa shape index (κ3) is 3.94. The molecule has 0 spiro atoms. The maximum Gasteiger partial charge on any atom is 0.207 e. The van der Waals surface area contributed by atoms with Crippen molar-refractivity contribution in [3.8, 4) is 22.9 Å². The highest BCUT2D eigenvalue weighted by molar-refractivity contribution is 6.30. The molecular weight excluding hydrogens is 496 g/mol. The largest absolute Gasteiger partial charge is 0.375 e. The van der Waals surface area contributed by atoms with Gasteiger partial charge in [0, 0.05) is 30.5 Å². The standard InChI is InChI=1S/C30H27ClN6O/c1-18-12-27(36-10-11-38-19(2)17-36)22(15-32)14-26(18)37-29-24-13-21(20-4-7-23(31)8-5-20)6-9-25(24)34-16-28(29)35(3)30(37)33/h4-9,12-14,16,19,33H,10-11,17H2,1-3H3. The molecule has 1 atom stereocenters. The maximum absolute atomic E-state index is 10.1. The smallest absolute Gasteiger partial charge is 0.207 e. The van der Waals surface area contributed by atoms with E-state index in [-0.39, 0.29) is 6.10 Å². The summed E-state index contributed by atoms with van der Waals surface area (Å²) >= 11 is 6.12. The number of morpholine rings is 1. The van der Waals surface area contributed by atoms with Gasteiger partial charge < -0.3 is 14.2 Å². The quantitative estimate of drug-likeness (QED) is 0.328. The molecule has 0 amide bonds. The number of imidazole rings is 1. The third-order valence-electron chi connectivity index (χ3n) is 7.37. The number of anilines is 1. The highest BCUT2D eigenvalue weighted by Gasteiger charge is 2.23. The molecule has 1 fully saturated rings. The second-order valence-corrected chi connectivity index (χ2v) is 10.3. The van der Waals surface area contributed by atoms with Gasteiger partial charge in [-0.15, -0.1) is 0 Å². The summed E-state index contributed by atoms with van der Waals surface area (Å²) in [6.07, 6.45) is 1.93. The van der Waals surface area contributed by atoms with Crippen molar-refractivity contribution in [1.82, 2.24) is 14.1 Å². The zero-order chi connectivity index (χ0) is 26.6. The van der Waals surface area contributed by atoms with E-state index in [9.17, 15) is 5.26 Å². The molecule has 1 aliphatic heterocycles. The van der Waals surface area contributed by atoms with Crippen LogP contribution in [0.25, 0.3) is 38.8 Å². The monoisotopic (exact) mass is 522 g/mol. The van der Waals surface area contributed by atoms with E-state index in [2.05, 4.69) is 36.1 Å². The fourth-order valence-corrected chi connectivity index (χ4v) is 5.51. The highest BCUT2D eigenvalue weighted by atomic mass is 35.5. The summed E-state index contributed by atoms with van der Waals surface area (Å²) in [7, 11) is 1.88. The SMILES string of the molecule is Cc1cc(N2CCOC(C)C2)c(C#N)cc1-n1c(=N)n(C)c2cnc3ccc(-c4ccc(Cl)cc4)cc3c21. The Hall–Kier alpha value is -4.12. The van der Waals surface area contributed by atoms with Crippen molar-refractivity contribution in [2.75, 3.05) is 24.6 Å². The van der Waals surface area contributed by atoms with Gasteiger partial charge in [-0.25, -0.2) is 0 Å². The molecule has 7 nitrogen and oxygen atoms in total. The van der Waals surface area contributed by atoms with Crippen LogP contribution >= 0.6 is 11.6 Å². The Morgan fingerprint density at radius 1 is 1.08 bits per heavy atom. The Kier molecular flexibility index (Phi) is 5.94. The first-order chi connectivity index (χ1) is 18.4. The van der Waals surface area contributed by atoms with Gasteiger partial charge in [0.05, 0.1) is 52.4 Å². The van der Waals surface area contributed by atoms with Crippen LogP contribution in [0.3, 0.4) is 0 Å². The Bertz CT molecular complexity index is 1810. The highest BCUT2D eigenvalue weighted by Crippen LogP contribution is 2.33. The molecule has 1 saturated heterocycles. The first-order valence-electron chi connectivity index (χ1n) is 12.6. The van der Waals surface area contributed by atoms with Gasteiger partial charge in [0.2, 0.25) is 5.62 Å². The topological polar surface area (TPSA) is 82.9 Å². The number of nitrogens with zero attached hydrogens (tertiary/aromatic N) is 5. The molecule has 6 rings (SSSR count). The molecule has 1 aliphatic rings. The van der Waals surface area contributed by atoms with Crippen molar-refractivity contribution in [2.45, 2.75) is 20.0 Å². The van der Waals surface area contributed by atoms with E-state index in [0.29, 0.717) is 22.8 Å². The maximum atomic E-state index is 10.1. The van der Waals surface area contributed by atoms with Gasteiger partial charge in [0.1, 0.15) is 6.07 Å². The number of pyridine rings is 1. The van der Waals surface area contributed by atoms with Crippen LogP contribution in [0.2, 0.25) is 5.02 Å². The summed E-state index contributed by atoms with van der Waals surface area (Å²) < 4.78 is 9.48. The minimum atomic E-state index is 0.108. The number of aryl methyl sites for hydroxylation is 2. The van der Waals surface area contributed by atoms with Crippen LogP contribution in [0.4, 0.5) is 5.69 Å². The normalized spacial score (nSPS) is 15.8. The van der Waals surface area contributed by atoms with Crippen molar-refractivity contribution >= 4 is 39.2 Å². The molecule has 1 unspecified atom stereocenters. The Morgan fingerprint density at radius 3 is 2.58 bits per heavy atom. The minimum absolute atomic E-state index is 0.108. The van der Waals surface area contributed by atoms with E-state index >= 15 is 0 Å². The molecule has 0 radical (unpaired) electrons. The Labute approximate surface area is 225 Å². The van der Waals surface area contributed by atoms with Gasteiger partial charge in [-0.1, -0.05) is 29.8 Å². The fraction of sp³-hybridized carbons (Fsp3) is 0.233. The van der Waals surface area contributed by atoms with E-state index in [4.69, 9.17) is 26.7 Å². The van der Waals surface area contributed by atoms with Gasteiger partial charge in [-0.2, -0.15) is 5.26 Å². The second-order valence-electron chi connectivity index (χ2n) is 9.84.